The van der Waals surface area contributed by atoms with Crippen LogP contribution in [0, 0.1) is 12.7 Å². The Labute approximate surface area is 95.6 Å². The molecule has 0 saturated heterocycles. The molecule has 1 aromatic heterocycles. The van der Waals surface area contributed by atoms with Crippen LogP contribution in [0.1, 0.15) is 16.1 Å². The van der Waals surface area contributed by atoms with E-state index in [2.05, 4.69) is 5.16 Å². The molecule has 0 aliphatic rings. The van der Waals surface area contributed by atoms with Gasteiger partial charge in [-0.15, -0.1) is 0 Å². The van der Waals surface area contributed by atoms with E-state index >= 15 is 0 Å². The van der Waals surface area contributed by atoms with Crippen LogP contribution in [0.5, 0.6) is 0 Å². The number of nitrogens with zero attached hydrogens (tertiary/aromatic N) is 1. The Kier molecular flexibility index (Phi) is 2.55. The van der Waals surface area contributed by atoms with Gasteiger partial charge in [-0.3, -0.25) is 0 Å². The molecule has 2 aromatic rings. The number of nitrogens with two attached hydrogens (primary N) is 1. The standard InChI is InChI=1S/C11H9FN2O3/c1-5-4-6(2-3-7(5)12)10-8(13)9(11(15)16)14-17-10/h2-4H,13H2,1H3,(H,15,16). The van der Waals surface area contributed by atoms with Gasteiger partial charge in [0.15, 0.2) is 5.76 Å². The number of benzene rings is 1. The molecule has 0 spiro atoms. The van der Waals surface area contributed by atoms with E-state index in [9.17, 15) is 9.18 Å². The lowest BCUT2D eigenvalue weighted by atomic mass is 10.1. The highest BCUT2D eigenvalue weighted by Gasteiger charge is 2.20. The summed E-state index contributed by atoms with van der Waals surface area (Å²) in [5, 5.41) is 12.1. The molecule has 0 fully saturated rings. The number of aromatic nitrogens is 1. The quantitative estimate of drug-likeness (QED) is 0.833. The molecule has 88 valence electrons. The average molecular weight is 236 g/mol. The first kappa shape index (κ1) is 11.1. The van der Waals surface area contributed by atoms with Crippen LogP contribution in [-0.4, -0.2) is 16.2 Å². The summed E-state index contributed by atoms with van der Waals surface area (Å²) >= 11 is 0. The molecule has 2 rings (SSSR count). The third-order valence-corrected chi connectivity index (χ3v) is 2.35. The largest absolute Gasteiger partial charge is 0.476 e. The molecule has 3 N–H and O–H groups in total. The van der Waals surface area contributed by atoms with Crippen molar-refractivity contribution in [2.75, 3.05) is 5.73 Å². The monoisotopic (exact) mass is 236 g/mol. The van der Waals surface area contributed by atoms with E-state index in [0.717, 1.165) is 0 Å². The SMILES string of the molecule is Cc1cc(-c2onc(C(=O)O)c2N)ccc1F. The number of rotatable bonds is 2. The van der Waals surface area contributed by atoms with Gasteiger partial charge in [-0.1, -0.05) is 5.16 Å². The Morgan fingerprint density at radius 3 is 2.76 bits per heavy atom. The number of hydrogen-bond acceptors (Lipinski definition) is 4. The van der Waals surface area contributed by atoms with Crippen molar-refractivity contribution in [2.45, 2.75) is 6.92 Å². The first-order valence-electron chi connectivity index (χ1n) is 4.75. The third kappa shape index (κ3) is 1.84. The van der Waals surface area contributed by atoms with Gasteiger partial charge in [0.25, 0.3) is 0 Å². The second-order valence-corrected chi connectivity index (χ2v) is 3.54. The maximum atomic E-state index is 13.1. The summed E-state index contributed by atoms with van der Waals surface area (Å²) < 4.78 is 17.9. The van der Waals surface area contributed by atoms with Gasteiger partial charge in [0.2, 0.25) is 5.69 Å². The first-order valence-corrected chi connectivity index (χ1v) is 4.75. The number of carboxylic acid groups (broad SMARTS) is 1. The van der Waals surface area contributed by atoms with Crippen molar-refractivity contribution >= 4 is 11.7 Å². The van der Waals surface area contributed by atoms with E-state index in [-0.39, 0.29) is 23.0 Å². The van der Waals surface area contributed by atoms with Crippen molar-refractivity contribution in [3.63, 3.8) is 0 Å². The zero-order valence-corrected chi connectivity index (χ0v) is 8.90. The fourth-order valence-corrected chi connectivity index (χ4v) is 1.45. The third-order valence-electron chi connectivity index (χ3n) is 2.35. The molecule has 0 aliphatic carbocycles. The molecule has 0 unspecified atom stereocenters. The molecule has 6 heteroatoms. The fourth-order valence-electron chi connectivity index (χ4n) is 1.45. The van der Waals surface area contributed by atoms with E-state index in [1.165, 1.54) is 18.2 Å². The number of aromatic carboxylic acids is 1. The summed E-state index contributed by atoms with van der Waals surface area (Å²) in [4.78, 5) is 10.7. The fraction of sp³-hybridized carbons (Fsp3) is 0.0909. The lowest BCUT2D eigenvalue weighted by molar-refractivity contribution is 0.0687. The first-order chi connectivity index (χ1) is 8.00. The number of nitrogen functional groups attached to an aromatic ring is 1. The topological polar surface area (TPSA) is 89.3 Å². The highest BCUT2D eigenvalue weighted by molar-refractivity contribution is 5.94. The minimum Gasteiger partial charge on any atom is -0.476 e. The van der Waals surface area contributed by atoms with Crippen LogP contribution in [-0.2, 0) is 0 Å². The number of anilines is 1. The lowest BCUT2D eigenvalue weighted by Gasteiger charge is -2.00. The highest BCUT2D eigenvalue weighted by atomic mass is 19.1. The molecule has 1 heterocycles. The minimum atomic E-state index is -1.27. The number of carboxylic acids is 1. The van der Waals surface area contributed by atoms with Crippen LogP contribution in [0.15, 0.2) is 22.7 Å². The second kappa shape index (κ2) is 3.89. The van der Waals surface area contributed by atoms with E-state index in [1.54, 1.807) is 6.92 Å². The van der Waals surface area contributed by atoms with E-state index in [0.29, 0.717) is 11.1 Å². The molecule has 0 bridgehead atoms. The number of carbonyl (C=O) groups is 1. The van der Waals surface area contributed by atoms with Crippen LogP contribution in [0.25, 0.3) is 11.3 Å². The Hall–Kier alpha value is -2.37. The molecule has 0 radical (unpaired) electrons. The summed E-state index contributed by atoms with van der Waals surface area (Å²) in [6, 6.07) is 4.22. The molecular formula is C11H9FN2O3. The zero-order valence-electron chi connectivity index (χ0n) is 8.90. The van der Waals surface area contributed by atoms with Gasteiger partial charge in [-0.2, -0.15) is 0 Å². The van der Waals surface area contributed by atoms with Gasteiger partial charge >= 0.3 is 5.97 Å². The van der Waals surface area contributed by atoms with E-state index in [4.69, 9.17) is 15.4 Å². The van der Waals surface area contributed by atoms with Crippen LogP contribution in [0.4, 0.5) is 10.1 Å². The Balaban J connectivity index is 2.53. The molecule has 0 atom stereocenters. The molecule has 17 heavy (non-hydrogen) atoms. The minimum absolute atomic E-state index is 0.0662. The summed E-state index contributed by atoms with van der Waals surface area (Å²) in [6.45, 7) is 1.59. The Morgan fingerprint density at radius 1 is 1.53 bits per heavy atom. The molecule has 5 nitrogen and oxygen atoms in total. The number of aryl methyl sites for hydroxylation is 1. The smallest absolute Gasteiger partial charge is 0.360 e. The molecule has 0 amide bonds. The van der Waals surface area contributed by atoms with Crippen LogP contribution in [0.3, 0.4) is 0 Å². The average Bonchev–Trinajstić information content (AvgIpc) is 2.64. The lowest BCUT2D eigenvalue weighted by Crippen LogP contribution is -2.01. The van der Waals surface area contributed by atoms with Gasteiger partial charge in [-0.05, 0) is 30.7 Å². The van der Waals surface area contributed by atoms with Crippen molar-refractivity contribution in [3.8, 4) is 11.3 Å². The zero-order chi connectivity index (χ0) is 12.6. The van der Waals surface area contributed by atoms with E-state index in [1.807, 2.05) is 0 Å². The maximum Gasteiger partial charge on any atom is 0.360 e. The molecule has 0 saturated carbocycles. The predicted octanol–water partition coefficient (Wildman–Crippen LogP) is 2.07. The van der Waals surface area contributed by atoms with Crippen molar-refractivity contribution in [3.05, 3.63) is 35.3 Å². The maximum absolute atomic E-state index is 13.1. The molecule has 0 aliphatic heterocycles. The molecule has 1 aromatic carbocycles. The number of halogens is 1. The normalized spacial score (nSPS) is 10.5. The van der Waals surface area contributed by atoms with Crippen LogP contribution in [0.2, 0.25) is 0 Å². The van der Waals surface area contributed by atoms with Gasteiger partial charge in [0, 0.05) is 5.56 Å². The Morgan fingerprint density at radius 2 is 2.24 bits per heavy atom. The summed E-state index contributed by atoms with van der Waals surface area (Å²) in [7, 11) is 0. The predicted molar refractivity (Wildman–Crippen MR) is 58.0 cm³/mol. The van der Waals surface area contributed by atoms with Gasteiger partial charge < -0.3 is 15.4 Å². The van der Waals surface area contributed by atoms with E-state index < -0.39 is 5.97 Å². The molecular weight excluding hydrogens is 227 g/mol. The van der Waals surface area contributed by atoms with Crippen molar-refractivity contribution < 1.29 is 18.8 Å². The Bertz CT molecular complexity index is 592. The van der Waals surface area contributed by atoms with Gasteiger partial charge in [-0.25, -0.2) is 9.18 Å². The highest BCUT2D eigenvalue weighted by Crippen LogP contribution is 2.29. The van der Waals surface area contributed by atoms with Crippen LogP contribution >= 0.6 is 0 Å². The van der Waals surface area contributed by atoms with Crippen molar-refractivity contribution in [2.24, 2.45) is 0 Å². The summed E-state index contributed by atoms with van der Waals surface area (Å²) in [6.07, 6.45) is 0. The summed E-state index contributed by atoms with van der Waals surface area (Å²) in [5.41, 5.74) is 6.08. The van der Waals surface area contributed by atoms with Crippen LogP contribution < -0.4 is 5.73 Å². The number of hydrogen-bond donors (Lipinski definition) is 2. The van der Waals surface area contributed by atoms with Crippen molar-refractivity contribution in [1.82, 2.24) is 5.16 Å². The summed E-state index contributed by atoms with van der Waals surface area (Å²) in [5.74, 6) is -1.49. The second-order valence-electron chi connectivity index (χ2n) is 3.54. The van der Waals surface area contributed by atoms with Crippen molar-refractivity contribution in [1.29, 1.82) is 0 Å². The van der Waals surface area contributed by atoms with Gasteiger partial charge in [0.1, 0.15) is 11.5 Å². The van der Waals surface area contributed by atoms with Gasteiger partial charge in [0.05, 0.1) is 0 Å².